The molecule has 0 radical (unpaired) electrons. The number of hydrogen-bond acceptors (Lipinski definition) is 2. The van der Waals surface area contributed by atoms with Crippen LogP contribution in [0, 0.1) is 0 Å². The van der Waals surface area contributed by atoms with E-state index in [2.05, 4.69) is 10.6 Å². The number of benzene rings is 1. The molecule has 1 aliphatic rings. The molecule has 1 aromatic rings. The first kappa shape index (κ1) is 16.3. The van der Waals surface area contributed by atoms with Crippen LogP contribution in [-0.2, 0) is 15.8 Å². The Morgan fingerprint density at radius 2 is 1.95 bits per heavy atom. The van der Waals surface area contributed by atoms with E-state index in [1.54, 1.807) is 6.07 Å². The number of halogens is 3. The van der Waals surface area contributed by atoms with Crippen LogP contribution in [0.5, 0.6) is 0 Å². The van der Waals surface area contributed by atoms with Gasteiger partial charge in [0.2, 0.25) is 11.8 Å². The van der Waals surface area contributed by atoms with Crippen molar-refractivity contribution in [2.24, 2.45) is 0 Å². The summed E-state index contributed by atoms with van der Waals surface area (Å²) in [5, 5.41) is 5.19. The quantitative estimate of drug-likeness (QED) is 0.875. The lowest BCUT2D eigenvalue weighted by molar-refractivity contribution is -0.138. The van der Waals surface area contributed by atoms with Gasteiger partial charge in [-0.2, -0.15) is 13.2 Å². The molecule has 0 unspecified atom stereocenters. The van der Waals surface area contributed by atoms with E-state index in [4.69, 9.17) is 0 Å². The molecule has 1 saturated carbocycles. The number of carbonyl (C=O) groups is 2. The summed E-state index contributed by atoms with van der Waals surface area (Å²) in [5.74, 6) is -0.801. The van der Waals surface area contributed by atoms with Crippen LogP contribution in [0.3, 0.4) is 0 Å². The summed E-state index contributed by atoms with van der Waals surface area (Å²) in [7, 11) is 0. The Balaban J connectivity index is 1.91. The lowest BCUT2D eigenvalue weighted by Gasteiger charge is -2.12. The molecular weight excluding hydrogens is 297 g/mol. The molecule has 22 heavy (non-hydrogen) atoms. The van der Waals surface area contributed by atoms with Gasteiger partial charge in [0.15, 0.2) is 0 Å². The number of nitrogens with one attached hydrogen (secondary N) is 2. The van der Waals surface area contributed by atoms with Crippen molar-refractivity contribution < 1.29 is 22.8 Å². The van der Waals surface area contributed by atoms with Gasteiger partial charge in [-0.25, -0.2) is 0 Å². The lowest BCUT2D eigenvalue weighted by Crippen LogP contribution is -2.31. The number of carbonyl (C=O) groups excluding carboxylic acids is 2. The molecule has 0 spiro atoms. The second-order valence-corrected chi connectivity index (χ2v) is 5.33. The predicted octanol–water partition coefficient (Wildman–Crippen LogP) is 2.20. The van der Waals surface area contributed by atoms with Crippen molar-refractivity contribution >= 4 is 11.8 Å². The molecular formula is C15H17F3N2O2. The first-order chi connectivity index (χ1) is 10.3. The van der Waals surface area contributed by atoms with Crippen LogP contribution in [0.4, 0.5) is 13.2 Å². The van der Waals surface area contributed by atoms with Crippen molar-refractivity contribution in [3.63, 3.8) is 0 Å². The summed E-state index contributed by atoms with van der Waals surface area (Å²) >= 11 is 0. The van der Waals surface area contributed by atoms with Gasteiger partial charge in [-0.1, -0.05) is 18.2 Å². The van der Waals surface area contributed by atoms with Gasteiger partial charge >= 0.3 is 6.18 Å². The first-order valence-corrected chi connectivity index (χ1v) is 6.99. The van der Waals surface area contributed by atoms with Crippen molar-refractivity contribution in [3.8, 4) is 0 Å². The number of rotatable bonds is 5. The SMILES string of the molecule is CC(=O)NCCC(=O)N[C@H]1C[C@@H]1c1ccccc1C(F)(F)F. The molecule has 1 aromatic carbocycles. The van der Waals surface area contributed by atoms with Gasteiger partial charge in [0.1, 0.15) is 0 Å². The van der Waals surface area contributed by atoms with Gasteiger partial charge in [-0.15, -0.1) is 0 Å². The maximum absolute atomic E-state index is 12.9. The Bertz CT molecular complexity index is 572. The summed E-state index contributed by atoms with van der Waals surface area (Å²) in [6, 6.07) is 5.17. The molecule has 0 heterocycles. The largest absolute Gasteiger partial charge is 0.416 e. The first-order valence-electron chi connectivity index (χ1n) is 6.99. The monoisotopic (exact) mass is 314 g/mol. The molecule has 1 aliphatic carbocycles. The van der Waals surface area contributed by atoms with Crippen molar-refractivity contribution in [1.29, 1.82) is 0 Å². The van der Waals surface area contributed by atoms with Crippen molar-refractivity contribution in [3.05, 3.63) is 35.4 Å². The minimum Gasteiger partial charge on any atom is -0.356 e. The van der Waals surface area contributed by atoms with Crippen molar-refractivity contribution in [2.75, 3.05) is 6.54 Å². The zero-order chi connectivity index (χ0) is 16.3. The molecule has 0 aromatic heterocycles. The predicted molar refractivity (Wildman–Crippen MR) is 74.0 cm³/mol. The average Bonchev–Trinajstić information content (AvgIpc) is 3.16. The van der Waals surface area contributed by atoms with E-state index in [9.17, 15) is 22.8 Å². The molecule has 0 saturated heterocycles. The van der Waals surface area contributed by atoms with E-state index in [-0.39, 0.29) is 42.3 Å². The van der Waals surface area contributed by atoms with Crippen molar-refractivity contribution in [1.82, 2.24) is 10.6 Å². The van der Waals surface area contributed by atoms with Gasteiger partial charge in [-0.3, -0.25) is 9.59 Å². The second kappa shape index (κ2) is 6.37. The second-order valence-electron chi connectivity index (χ2n) is 5.33. The summed E-state index contributed by atoms with van der Waals surface area (Å²) in [5.41, 5.74) is -0.419. The van der Waals surface area contributed by atoms with Crippen LogP contribution in [0.1, 0.15) is 36.8 Å². The number of amides is 2. The molecule has 120 valence electrons. The topological polar surface area (TPSA) is 58.2 Å². The standard InChI is InChI=1S/C15H17F3N2O2/c1-9(21)19-7-6-14(22)20-13-8-11(13)10-4-2-3-5-12(10)15(16,17)18/h2-5,11,13H,6-8H2,1H3,(H,19,21)(H,20,22)/t11-,13+/m1/s1. The normalized spacial score (nSPS) is 20.4. The van der Waals surface area contributed by atoms with E-state index >= 15 is 0 Å². The van der Waals surface area contributed by atoms with Crippen LogP contribution < -0.4 is 10.6 Å². The minimum atomic E-state index is -4.39. The zero-order valence-corrected chi connectivity index (χ0v) is 12.0. The Morgan fingerprint density at radius 1 is 1.27 bits per heavy atom. The Labute approximate surface area is 126 Å². The third-order valence-electron chi connectivity index (χ3n) is 3.53. The Morgan fingerprint density at radius 3 is 2.59 bits per heavy atom. The lowest BCUT2D eigenvalue weighted by atomic mass is 10.0. The Kier molecular flexibility index (Phi) is 4.73. The minimum absolute atomic E-state index is 0.115. The average molecular weight is 314 g/mol. The summed E-state index contributed by atoms with van der Waals surface area (Å²) < 4.78 is 38.8. The van der Waals surface area contributed by atoms with Gasteiger partial charge in [0.05, 0.1) is 5.56 Å². The molecule has 2 N–H and O–H groups in total. The van der Waals surface area contributed by atoms with Crippen LogP contribution in [0.15, 0.2) is 24.3 Å². The number of hydrogen-bond donors (Lipinski definition) is 2. The molecule has 7 heteroatoms. The zero-order valence-electron chi connectivity index (χ0n) is 12.0. The molecule has 2 rings (SSSR count). The molecule has 1 fully saturated rings. The molecule has 2 amide bonds. The maximum Gasteiger partial charge on any atom is 0.416 e. The fraction of sp³-hybridized carbons (Fsp3) is 0.467. The maximum atomic E-state index is 12.9. The highest BCUT2D eigenvalue weighted by Crippen LogP contribution is 2.46. The smallest absolute Gasteiger partial charge is 0.356 e. The van der Waals surface area contributed by atoms with E-state index in [0.29, 0.717) is 6.42 Å². The highest BCUT2D eigenvalue weighted by atomic mass is 19.4. The van der Waals surface area contributed by atoms with E-state index in [1.165, 1.54) is 19.1 Å². The van der Waals surface area contributed by atoms with Gasteiger partial charge in [0, 0.05) is 31.8 Å². The van der Waals surface area contributed by atoms with Gasteiger partial charge in [-0.05, 0) is 18.1 Å². The van der Waals surface area contributed by atoms with Gasteiger partial charge in [0.25, 0.3) is 0 Å². The van der Waals surface area contributed by atoms with Crippen LogP contribution in [0.2, 0.25) is 0 Å². The van der Waals surface area contributed by atoms with Crippen molar-refractivity contribution in [2.45, 2.75) is 37.9 Å². The van der Waals surface area contributed by atoms with Gasteiger partial charge < -0.3 is 10.6 Å². The fourth-order valence-corrected chi connectivity index (χ4v) is 2.41. The van der Waals surface area contributed by atoms with Crippen LogP contribution in [0.25, 0.3) is 0 Å². The molecule has 0 aliphatic heterocycles. The highest BCUT2D eigenvalue weighted by molar-refractivity contribution is 5.78. The Hall–Kier alpha value is -2.05. The molecule has 4 nitrogen and oxygen atoms in total. The molecule has 2 atom stereocenters. The van der Waals surface area contributed by atoms with E-state index < -0.39 is 11.7 Å². The van der Waals surface area contributed by atoms with E-state index in [0.717, 1.165) is 6.07 Å². The molecule has 0 bridgehead atoms. The third kappa shape index (κ3) is 4.22. The fourth-order valence-electron chi connectivity index (χ4n) is 2.41. The number of alkyl halides is 3. The van der Waals surface area contributed by atoms with Crippen LogP contribution >= 0.6 is 0 Å². The summed E-state index contributed by atoms with van der Waals surface area (Å²) in [6.07, 6.45) is -3.78. The summed E-state index contributed by atoms with van der Waals surface area (Å²) in [4.78, 5) is 22.3. The highest BCUT2D eigenvalue weighted by Gasteiger charge is 2.44. The van der Waals surface area contributed by atoms with E-state index in [1.807, 2.05) is 0 Å². The third-order valence-corrected chi connectivity index (χ3v) is 3.53. The van der Waals surface area contributed by atoms with Crippen LogP contribution in [-0.4, -0.2) is 24.4 Å². The summed E-state index contributed by atoms with van der Waals surface area (Å²) in [6.45, 7) is 1.57.